The molecular formula is C12H15F3. The SMILES string of the molecule is CC(C)(C)c1cccc(CC(F)(F)F)c1. The molecule has 84 valence electrons. The van der Waals surface area contributed by atoms with Gasteiger partial charge in [-0.25, -0.2) is 0 Å². The van der Waals surface area contributed by atoms with E-state index in [0.29, 0.717) is 5.56 Å². The fourth-order valence-corrected chi connectivity index (χ4v) is 1.38. The van der Waals surface area contributed by atoms with Crippen molar-refractivity contribution in [3.05, 3.63) is 35.4 Å². The molecule has 1 rings (SSSR count). The zero-order valence-corrected chi connectivity index (χ0v) is 9.15. The summed E-state index contributed by atoms with van der Waals surface area (Å²) in [5.74, 6) is 0. The Balaban J connectivity index is 2.94. The van der Waals surface area contributed by atoms with Crippen molar-refractivity contribution in [1.29, 1.82) is 0 Å². The molecule has 0 nitrogen and oxygen atoms in total. The lowest BCUT2D eigenvalue weighted by molar-refractivity contribution is -0.127. The normalized spacial score (nSPS) is 12.9. The molecule has 0 saturated carbocycles. The van der Waals surface area contributed by atoms with Gasteiger partial charge in [0, 0.05) is 0 Å². The van der Waals surface area contributed by atoms with E-state index >= 15 is 0 Å². The fourth-order valence-electron chi connectivity index (χ4n) is 1.38. The van der Waals surface area contributed by atoms with Crippen molar-refractivity contribution in [2.45, 2.75) is 38.8 Å². The summed E-state index contributed by atoms with van der Waals surface area (Å²) >= 11 is 0. The molecule has 0 aliphatic carbocycles. The summed E-state index contributed by atoms with van der Waals surface area (Å²) in [5.41, 5.74) is 1.15. The summed E-state index contributed by atoms with van der Waals surface area (Å²) in [6.07, 6.45) is -4.98. The van der Waals surface area contributed by atoms with E-state index in [1.54, 1.807) is 12.1 Å². The van der Waals surface area contributed by atoms with E-state index in [-0.39, 0.29) is 5.41 Å². The molecule has 0 radical (unpaired) electrons. The maximum absolute atomic E-state index is 12.2. The van der Waals surface area contributed by atoms with Crippen LogP contribution in [0.15, 0.2) is 24.3 Å². The number of rotatable bonds is 1. The van der Waals surface area contributed by atoms with Crippen LogP contribution in [0.2, 0.25) is 0 Å². The first-order valence-electron chi connectivity index (χ1n) is 4.85. The van der Waals surface area contributed by atoms with Crippen molar-refractivity contribution in [1.82, 2.24) is 0 Å². The Bertz CT molecular complexity index is 331. The fraction of sp³-hybridized carbons (Fsp3) is 0.500. The molecule has 0 N–H and O–H groups in total. The first kappa shape index (κ1) is 12.1. The van der Waals surface area contributed by atoms with Crippen LogP contribution in [0.25, 0.3) is 0 Å². The van der Waals surface area contributed by atoms with Crippen LogP contribution in [0, 0.1) is 0 Å². The molecule has 0 saturated heterocycles. The zero-order valence-electron chi connectivity index (χ0n) is 9.15. The third-order valence-electron chi connectivity index (χ3n) is 2.20. The minimum atomic E-state index is -4.13. The predicted octanol–water partition coefficient (Wildman–Crippen LogP) is 4.09. The second-order valence-electron chi connectivity index (χ2n) is 4.74. The van der Waals surface area contributed by atoms with E-state index in [2.05, 4.69) is 0 Å². The van der Waals surface area contributed by atoms with Crippen LogP contribution in [-0.4, -0.2) is 6.18 Å². The number of benzene rings is 1. The van der Waals surface area contributed by atoms with Crippen molar-refractivity contribution in [2.75, 3.05) is 0 Å². The van der Waals surface area contributed by atoms with Crippen molar-refractivity contribution in [3.63, 3.8) is 0 Å². The quantitative estimate of drug-likeness (QED) is 0.663. The number of halogens is 3. The van der Waals surface area contributed by atoms with Gasteiger partial charge in [0.1, 0.15) is 0 Å². The van der Waals surface area contributed by atoms with Gasteiger partial charge < -0.3 is 0 Å². The minimum Gasteiger partial charge on any atom is -0.171 e. The molecule has 0 spiro atoms. The molecule has 0 aliphatic rings. The highest BCUT2D eigenvalue weighted by Crippen LogP contribution is 2.26. The van der Waals surface area contributed by atoms with Crippen molar-refractivity contribution in [3.8, 4) is 0 Å². The van der Waals surface area contributed by atoms with Crippen molar-refractivity contribution < 1.29 is 13.2 Å². The molecule has 0 aliphatic heterocycles. The van der Waals surface area contributed by atoms with E-state index in [1.165, 1.54) is 6.07 Å². The average Bonchev–Trinajstić information content (AvgIpc) is 1.99. The van der Waals surface area contributed by atoms with Gasteiger partial charge in [0.25, 0.3) is 0 Å². The zero-order chi connectivity index (χ0) is 11.7. The highest BCUT2D eigenvalue weighted by molar-refractivity contribution is 5.29. The van der Waals surface area contributed by atoms with Crippen LogP contribution in [-0.2, 0) is 11.8 Å². The number of hydrogen-bond donors (Lipinski definition) is 0. The largest absolute Gasteiger partial charge is 0.393 e. The van der Waals surface area contributed by atoms with Gasteiger partial charge in [-0.1, -0.05) is 45.0 Å². The second-order valence-corrected chi connectivity index (χ2v) is 4.74. The molecule has 0 unspecified atom stereocenters. The Morgan fingerprint density at radius 1 is 1.07 bits per heavy atom. The highest BCUT2D eigenvalue weighted by Gasteiger charge is 2.28. The topological polar surface area (TPSA) is 0 Å². The highest BCUT2D eigenvalue weighted by atomic mass is 19.4. The smallest absolute Gasteiger partial charge is 0.171 e. The van der Waals surface area contributed by atoms with Crippen LogP contribution in [0.1, 0.15) is 31.9 Å². The molecule has 0 aromatic heterocycles. The molecule has 3 heteroatoms. The van der Waals surface area contributed by atoms with Gasteiger partial charge in [-0.15, -0.1) is 0 Å². The van der Waals surface area contributed by atoms with Gasteiger partial charge in [-0.2, -0.15) is 13.2 Å². The molecule has 0 amide bonds. The van der Waals surface area contributed by atoms with E-state index in [4.69, 9.17) is 0 Å². The molecule has 0 atom stereocenters. The Hall–Kier alpha value is -0.990. The van der Waals surface area contributed by atoms with Gasteiger partial charge in [0.05, 0.1) is 6.42 Å². The van der Waals surface area contributed by atoms with Gasteiger partial charge in [0.2, 0.25) is 0 Å². The maximum atomic E-state index is 12.2. The Kier molecular flexibility index (Phi) is 3.12. The number of alkyl halides is 3. The molecule has 0 fully saturated rings. The second kappa shape index (κ2) is 3.87. The Morgan fingerprint density at radius 2 is 1.67 bits per heavy atom. The third kappa shape index (κ3) is 3.94. The molecule has 15 heavy (non-hydrogen) atoms. The predicted molar refractivity (Wildman–Crippen MR) is 54.9 cm³/mol. The first-order valence-corrected chi connectivity index (χ1v) is 4.85. The summed E-state index contributed by atoms with van der Waals surface area (Å²) in [6.45, 7) is 5.96. The lowest BCUT2D eigenvalue weighted by atomic mass is 9.86. The maximum Gasteiger partial charge on any atom is 0.393 e. The molecular weight excluding hydrogens is 201 g/mol. The van der Waals surface area contributed by atoms with Crippen LogP contribution in [0.4, 0.5) is 13.2 Å². The van der Waals surface area contributed by atoms with Crippen molar-refractivity contribution in [2.24, 2.45) is 0 Å². The summed E-state index contributed by atoms with van der Waals surface area (Å²) in [5, 5.41) is 0. The lowest BCUT2D eigenvalue weighted by Gasteiger charge is -2.20. The van der Waals surface area contributed by atoms with Crippen LogP contribution in [0.5, 0.6) is 0 Å². The summed E-state index contributed by atoms with van der Waals surface area (Å²) in [7, 11) is 0. The van der Waals surface area contributed by atoms with Gasteiger partial charge in [-0.3, -0.25) is 0 Å². The van der Waals surface area contributed by atoms with E-state index in [0.717, 1.165) is 5.56 Å². The van der Waals surface area contributed by atoms with E-state index < -0.39 is 12.6 Å². The summed E-state index contributed by atoms with van der Waals surface area (Å²) < 4.78 is 36.5. The standard InChI is InChI=1S/C12H15F3/c1-11(2,3)10-6-4-5-9(7-10)8-12(13,14)15/h4-7H,8H2,1-3H3. The first-order chi connectivity index (χ1) is 6.68. The monoisotopic (exact) mass is 216 g/mol. The Labute approximate surface area is 88.1 Å². The van der Waals surface area contributed by atoms with Crippen molar-refractivity contribution >= 4 is 0 Å². The van der Waals surface area contributed by atoms with E-state index in [1.807, 2.05) is 26.8 Å². The molecule has 0 bridgehead atoms. The summed E-state index contributed by atoms with van der Waals surface area (Å²) in [6, 6.07) is 6.69. The third-order valence-corrected chi connectivity index (χ3v) is 2.20. The van der Waals surface area contributed by atoms with Crippen LogP contribution in [0.3, 0.4) is 0 Å². The van der Waals surface area contributed by atoms with Gasteiger partial charge >= 0.3 is 6.18 Å². The lowest BCUT2D eigenvalue weighted by Crippen LogP contribution is -2.14. The molecule has 1 aromatic rings. The molecule has 1 aromatic carbocycles. The van der Waals surface area contributed by atoms with Crippen LogP contribution >= 0.6 is 0 Å². The number of hydrogen-bond acceptors (Lipinski definition) is 0. The molecule has 0 heterocycles. The van der Waals surface area contributed by atoms with Gasteiger partial charge in [0.15, 0.2) is 0 Å². The summed E-state index contributed by atoms with van der Waals surface area (Å²) in [4.78, 5) is 0. The average molecular weight is 216 g/mol. The van der Waals surface area contributed by atoms with E-state index in [9.17, 15) is 13.2 Å². The van der Waals surface area contributed by atoms with Crippen LogP contribution < -0.4 is 0 Å². The van der Waals surface area contributed by atoms with Gasteiger partial charge in [-0.05, 0) is 16.5 Å². The Morgan fingerprint density at radius 3 is 2.13 bits per heavy atom. The minimum absolute atomic E-state index is 0.110.